The molecule has 15 heavy (non-hydrogen) atoms. The monoisotopic (exact) mass is 211 g/mol. The van der Waals surface area contributed by atoms with Crippen LogP contribution in [0.25, 0.3) is 0 Å². The molecule has 0 fully saturated rings. The van der Waals surface area contributed by atoms with Crippen molar-refractivity contribution < 1.29 is 8.78 Å². The van der Waals surface area contributed by atoms with Crippen molar-refractivity contribution in [1.82, 2.24) is 0 Å². The van der Waals surface area contributed by atoms with Crippen molar-refractivity contribution in [1.29, 1.82) is 0 Å². The lowest BCUT2D eigenvalue weighted by atomic mass is 9.86. The molecule has 2 rings (SSSR count). The Bertz CT molecular complexity index is 374. The molecule has 1 nitrogen and oxygen atoms in total. The van der Waals surface area contributed by atoms with Crippen molar-refractivity contribution in [2.24, 2.45) is 11.8 Å². The van der Waals surface area contributed by atoms with Gasteiger partial charge < -0.3 is 5.32 Å². The zero-order valence-electron chi connectivity index (χ0n) is 8.98. The standard InChI is InChI=1S/C12H15F2N/c1-7(2)9-3-8-4-10(13)5-11(14)12(8)15-6-9/h4-5,7,9,15H,3,6H2,1-2H3. The highest BCUT2D eigenvalue weighted by Crippen LogP contribution is 2.31. The maximum atomic E-state index is 13.4. The molecule has 82 valence electrons. The molecule has 0 amide bonds. The topological polar surface area (TPSA) is 12.0 Å². The summed E-state index contributed by atoms with van der Waals surface area (Å²) in [5.74, 6) is 0.0142. The molecule has 1 aliphatic rings. The zero-order valence-corrected chi connectivity index (χ0v) is 8.98. The smallest absolute Gasteiger partial charge is 0.149 e. The number of halogens is 2. The molecule has 0 spiro atoms. The van der Waals surface area contributed by atoms with Crippen LogP contribution in [0.4, 0.5) is 14.5 Å². The summed E-state index contributed by atoms with van der Waals surface area (Å²) in [6.45, 7) is 5.03. The average molecular weight is 211 g/mol. The van der Waals surface area contributed by atoms with E-state index in [-0.39, 0.29) is 0 Å². The Kier molecular flexibility index (Phi) is 2.63. The summed E-state index contributed by atoms with van der Waals surface area (Å²) in [4.78, 5) is 0. The summed E-state index contributed by atoms with van der Waals surface area (Å²) >= 11 is 0. The molecule has 0 saturated carbocycles. The molecule has 0 aliphatic carbocycles. The largest absolute Gasteiger partial charge is 0.382 e. The minimum absolute atomic E-state index is 0.457. The van der Waals surface area contributed by atoms with Crippen LogP contribution in [0.1, 0.15) is 19.4 Å². The molecular formula is C12H15F2N. The van der Waals surface area contributed by atoms with Crippen molar-refractivity contribution in [3.63, 3.8) is 0 Å². The van der Waals surface area contributed by atoms with Gasteiger partial charge in [-0.1, -0.05) is 13.8 Å². The van der Waals surface area contributed by atoms with Gasteiger partial charge in [-0.3, -0.25) is 0 Å². The lowest BCUT2D eigenvalue weighted by Gasteiger charge is -2.29. The second-order valence-electron chi connectivity index (χ2n) is 4.51. The fraction of sp³-hybridized carbons (Fsp3) is 0.500. The third kappa shape index (κ3) is 1.96. The van der Waals surface area contributed by atoms with Crippen molar-refractivity contribution >= 4 is 5.69 Å². The Hall–Kier alpha value is -1.12. The SMILES string of the molecule is CC(C)C1CNc2c(F)cc(F)cc2C1. The van der Waals surface area contributed by atoms with Gasteiger partial charge in [0.1, 0.15) is 11.6 Å². The van der Waals surface area contributed by atoms with E-state index in [0.29, 0.717) is 17.5 Å². The third-order valence-electron chi connectivity index (χ3n) is 3.10. The van der Waals surface area contributed by atoms with Crippen LogP contribution in [-0.4, -0.2) is 6.54 Å². The summed E-state index contributed by atoms with van der Waals surface area (Å²) in [5.41, 5.74) is 1.24. The van der Waals surface area contributed by atoms with Crippen molar-refractivity contribution in [2.45, 2.75) is 20.3 Å². The molecule has 1 N–H and O–H groups in total. The first kappa shape index (κ1) is 10.4. The van der Waals surface area contributed by atoms with Crippen LogP contribution in [0.2, 0.25) is 0 Å². The van der Waals surface area contributed by atoms with Crippen LogP contribution < -0.4 is 5.32 Å². The Morgan fingerprint density at radius 1 is 1.33 bits per heavy atom. The number of fused-ring (bicyclic) bond motifs is 1. The molecule has 3 heteroatoms. The molecule has 1 aromatic rings. The lowest BCUT2D eigenvalue weighted by Crippen LogP contribution is -2.27. The lowest BCUT2D eigenvalue weighted by molar-refractivity contribution is 0.390. The maximum absolute atomic E-state index is 13.4. The van der Waals surface area contributed by atoms with E-state index in [1.165, 1.54) is 6.07 Å². The van der Waals surface area contributed by atoms with Gasteiger partial charge in [-0.05, 0) is 29.9 Å². The van der Waals surface area contributed by atoms with E-state index in [0.717, 1.165) is 24.6 Å². The van der Waals surface area contributed by atoms with Gasteiger partial charge in [-0.25, -0.2) is 8.78 Å². The quantitative estimate of drug-likeness (QED) is 0.752. The van der Waals surface area contributed by atoms with Crippen LogP contribution in [0.5, 0.6) is 0 Å². The van der Waals surface area contributed by atoms with E-state index in [2.05, 4.69) is 19.2 Å². The van der Waals surface area contributed by atoms with Crippen LogP contribution in [0, 0.1) is 23.5 Å². The second kappa shape index (κ2) is 3.80. The molecule has 0 radical (unpaired) electrons. The van der Waals surface area contributed by atoms with Crippen LogP contribution in [-0.2, 0) is 6.42 Å². The minimum atomic E-state index is -0.488. The summed E-state index contributed by atoms with van der Waals surface area (Å²) in [7, 11) is 0. The Labute approximate surface area is 88.5 Å². The molecule has 1 aromatic carbocycles. The van der Waals surface area contributed by atoms with Gasteiger partial charge in [0.15, 0.2) is 0 Å². The summed E-state index contributed by atoms with van der Waals surface area (Å²) in [6.07, 6.45) is 0.759. The van der Waals surface area contributed by atoms with Gasteiger partial charge in [0.05, 0.1) is 5.69 Å². The fourth-order valence-corrected chi connectivity index (χ4v) is 2.05. The van der Waals surface area contributed by atoms with E-state index in [9.17, 15) is 8.78 Å². The highest BCUT2D eigenvalue weighted by Gasteiger charge is 2.23. The van der Waals surface area contributed by atoms with Gasteiger partial charge in [0.2, 0.25) is 0 Å². The summed E-state index contributed by atoms with van der Waals surface area (Å²) in [6, 6.07) is 2.36. The highest BCUT2D eigenvalue weighted by molar-refractivity contribution is 5.54. The Morgan fingerprint density at radius 2 is 2.07 bits per heavy atom. The molecule has 0 bridgehead atoms. The number of rotatable bonds is 1. The van der Waals surface area contributed by atoms with Crippen molar-refractivity contribution in [2.75, 3.05) is 11.9 Å². The minimum Gasteiger partial charge on any atom is -0.382 e. The van der Waals surface area contributed by atoms with E-state index in [1.807, 2.05) is 0 Å². The first-order chi connectivity index (χ1) is 7.08. The first-order valence-electron chi connectivity index (χ1n) is 5.29. The van der Waals surface area contributed by atoms with Crippen molar-refractivity contribution in [3.05, 3.63) is 29.3 Å². The Morgan fingerprint density at radius 3 is 2.73 bits per heavy atom. The third-order valence-corrected chi connectivity index (χ3v) is 3.10. The van der Waals surface area contributed by atoms with E-state index >= 15 is 0 Å². The molecule has 0 saturated heterocycles. The van der Waals surface area contributed by atoms with Gasteiger partial charge in [-0.2, -0.15) is 0 Å². The number of hydrogen-bond acceptors (Lipinski definition) is 1. The van der Waals surface area contributed by atoms with Crippen LogP contribution >= 0.6 is 0 Å². The summed E-state index contributed by atoms with van der Waals surface area (Å²) in [5, 5.41) is 3.05. The van der Waals surface area contributed by atoms with Gasteiger partial charge in [0, 0.05) is 12.6 Å². The molecule has 1 aliphatic heterocycles. The molecule has 1 unspecified atom stereocenters. The Balaban J connectivity index is 2.33. The number of anilines is 1. The molecule has 1 heterocycles. The van der Waals surface area contributed by atoms with E-state index in [4.69, 9.17) is 0 Å². The predicted molar refractivity (Wildman–Crippen MR) is 56.9 cm³/mol. The second-order valence-corrected chi connectivity index (χ2v) is 4.51. The predicted octanol–water partition coefficient (Wildman–Crippen LogP) is 3.21. The van der Waals surface area contributed by atoms with Crippen LogP contribution in [0.3, 0.4) is 0 Å². The number of benzene rings is 1. The molecule has 1 atom stereocenters. The first-order valence-corrected chi connectivity index (χ1v) is 5.29. The van der Waals surface area contributed by atoms with E-state index in [1.54, 1.807) is 0 Å². The van der Waals surface area contributed by atoms with Crippen molar-refractivity contribution in [3.8, 4) is 0 Å². The normalized spacial score (nSPS) is 19.9. The maximum Gasteiger partial charge on any atom is 0.149 e. The fourth-order valence-electron chi connectivity index (χ4n) is 2.05. The molecular weight excluding hydrogens is 196 g/mol. The van der Waals surface area contributed by atoms with Gasteiger partial charge >= 0.3 is 0 Å². The number of hydrogen-bond donors (Lipinski definition) is 1. The average Bonchev–Trinajstić information content (AvgIpc) is 2.16. The summed E-state index contributed by atoms with van der Waals surface area (Å²) < 4.78 is 26.4. The molecule has 0 aromatic heterocycles. The van der Waals surface area contributed by atoms with E-state index < -0.39 is 11.6 Å². The van der Waals surface area contributed by atoms with Crippen LogP contribution in [0.15, 0.2) is 12.1 Å². The van der Waals surface area contributed by atoms with Gasteiger partial charge in [0.25, 0.3) is 0 Å². The highest BCUT2D eigenvalue weighted by atomic mass is 19.1. The number of nitrogens with one attached hydrogen (secondary N) is 1. The van der Waals surface area contributed by atoms with Gasteiger partial charge in [-0.15, -0.1) is 0 Å². The zero-order chi connectivity index (χ0) is 11.0.